The molecule has 2 saturated heterocycles. The summed E-state index contributed by atoms with van der Waals surface area (Å²) in [6.45, 7) is 8.86. The van der Waals surface area contributed by atoms with Crippen molar-refractivity contribution < 1.29 is 4.39 Å². The summed E-state index contributed by atoms with van der Waals surface area (Å²) in [6, 6.07) is 16.1. The molecule has 3 aliphatic heterocycles. The highest BCUT2D eigenvalue weighted by Crippen LogP contribution is 2.53. The van der Waals surface area contributed by atoms with Gasteiger partial charge in [-0.1, -0.05) is 24.3 Å². The van der Waals surface area contributed by atoms with Gasteiger partial charge in [0.15, 0.2) is 0 Å². The van der Waals surface area contributed by atoms with Crippen molar-refractivity contribution in [1.82, 2.24) is 9.80 Å². The van der Waals surface area contributed by atoms with Gasteiger partial charge in [0.25, 0.3) is 0 Å². The maximum absolute atomic E-state index is 13.2. The van der Waals surface area contributed by atoms with Crippen molar-refractivity contribution in [2.24, 2.45) is 0 Å². The van der Waals surface area contributed by atoms with Crippen molar-refractivity contribution >= 4 is 29.2 Å². The van der Waals surface area contributed by atoms with Crippen LogP contribution in [0.15, 0.2) is 48.5 Å². The molecule has 2 aromatic rings. The first-order valence-corrected chi connectivity index (χ1v) is 13.5. The van der Waals surface area contributed by atoms with Crippen LogP contribution in [0.3, 0.4) is 0 Å². The number of anilines is 1. The van der Waals surface area contributed by atoms with Crippen molar-refractivity contribution in [3.63, 3.8) is 0 Å². The minimum Gasteiger partial charge on any atom is -0.369 e. The first kappa shape index (κ1) is 21.6. The van der Waals surface area contributed by atoms with Gasteiger partial charge in [0.1, 0.15) is 5.82 Å². The summed E-state index contributed by atoms with van der Waals surface area (Å²) in [4.78, 5) is 7.67. The molecule has 0 unspecified atom stereocenters. The molecule has 5 rings (SSSR count). The Morgan fingerprint density at radius 1 is 0.839 bits per heavy atom. The van der Waals surface area contributed by atoms with Crippen LogP contribution >= 0.6 is 23.5 Å². The van der Waals surface area contributed by atoms with E-state index in [1.807, 2.05) is 12.1 Å². The van der Waals surface area contributed by atoms with E-state index in [0.29, 0.717) is 0 Å². The largest absolute Gasteiger partial charge is 0.369 e. The molecule has 0 amide bonds. The first-order chi connectivity index (χ1) is 15.2. The molecule has 2 fully saturated rings. The summed E-state index contributed by atoms with van der Waals surface area (Å²) < 4.78 is 13.4. The smallest absolute Gasteiger partial charge is 0.123 e. The van der Waals surface area contributed by atoms with Gasteiger partial charge in [0.2, 0.25) is 0 Å². The summed E-state index contributed by atoms with van der Waals surface area (Å²) >= 11 is 4.35. The summed E-state index contributed by atoms with van der Waals surface area (Å²) in [7, 11) is 0. The first-order valence-electron chi connectivity index (χ1n) is 11.5. The van der Waals surface area contributed by atoms with Crippen LogP contribution < -0.4 is 4.90 Å². The molecule has 0 radical (unpaired) electrons. The molecule has 6 heteroatoms. The van der Waals surface area contributed by atoms with Crippen LogP contribution in [0.2, 0.25) is 0 Å². The van der Waals surface area contributed by atoms with E-state index in [9.17, 15) is 4.39 Å². The summed E-state index contributed by atoms with van der Waals surface area (Å²) in [6.07, 6.45) is 2.56. The zero-order valence-electron chi connectivity index (χ0n) is 18.1. The molecule has 0 N–H and O–H groups in total. The molecule has 3 heterocycles. The lowest BCUT2D eigenvalue weighted by molar-refractivity contribution is 0.205. The Bertz CT molecular complexity index is 861. The molecule has 2 aromatic carbocycles. The van der Waals surface area contributed by atoms with E-state index in [4.69, 9.17) is 0 Å². The average molecular weight is 458 g/mol. The Labute approximate surface area is 194 Å². The molecule has 0 atom stereocenters. The van der Waals surface area contributed by atoms with Crippen molar-refractivity contribution in [2.75, 3.05) is 62.2 Å². The highest BCUT2D eigenvalue weighted by Gasteiger charge is 2.41. The molecule has 0 aliphatic carbocycles. The number of nitrogens with zero attached hydrogens (tertiary/aromatic N) is 3. The average Bonchev–Trinajstić information content (AvgIpc) is 2.81. The minimum atomic E-state index is -0.158. The van der Waals surface area contributed by atoms with Crippen molar-refractivity contribution in [3.8, 4) is 0 Å². The molecule has 0 saturated carbocycles. The molecule has 1 spiro atoms. The maximum Gasteiger partial charge on any atom is 0.123 e. The Morgan fingerprint density at radius 3 is 2.32 bits per heavy atom. The molecule has 0 aromatic heterocycles. The lowest BCUT2D eigenvalue weighted by atomic mass is 9.98. The number of hydrogen-bond acceptors (Lipinski definition) is 5. The fourth-order valence-electron chi connectivity index (χ4n) is 5.09. The predicted octanol–water partition coefficient (Wildman–Crippen LogP) is 4.88. The van der Waals surface area contributed by atoms with E-state index in [2.05, 4.69) is 62.5 Å². The molecule has 31 heavy (non-hydrogen) atoms. The van der Waals surface area contributed by atoms with Gasteiger partial charge in [-0.3, -0.25) is 9.80 Å². The highest BCUT2D eigenvalue weighted by atomic mass is 32.2. The Morgan fingerprint density at radius 2 is 1.55 bits per heavy atom. The Kier molecular flexibility index (Phi) is 6.79. The quantitative estimate of drug-likeness (QED) is 0.631. The van der Waals surface area contributed by atoms with Gasteiger partial charge in [-0.05, 0) is 72.8 Å². The molecular weight excluding hydrogens is 425 g/mol. The van der Waals surface area contributed by atoms with Gasteiger partial charge in [0, 0.05) is 45.0 Å². The van der Waals surface area contributed by atoms with Crippen LogP contribution in [0.1, 0.15) is 24.0 Å². The Balaban J connectivity index is 1.12. The molecule has 0 bridgehead atoms. The van der Waals surface area contributed by atoms with E-state index in [0.717, 1.165) is 38.4 Å². The second kappa shape index (κ2) is 9.74. The number of piperazine rings is 1. The van der Waals surface area contributed by atoms with Gasteiger partial charge in [-0.15, -0.1) is 23.5 Å². The summed E-state index contributed by atoms with van der Waals surface area (Å²) in [5.41, 5.74) is 4.25. The molecular formula is C25H32FN3S2. The number of hydrogen-bond donors (Lipinski definition) is 0. The number of fused-ring (bicyclic) bond motifs is 2. The van der Waals surface area contributed by atoms with E-state index in [1.165, 1.54) is 49.5 Å². The third-order valence-electron chi connectivity index (χ3n) is 6.73. The minimum absolute atomic E-state index is 0.158. The van der Waals surface area contributed by atoms with E-state index >= 15 is 0 Å². The number of thioether (sulfide) groups is 2. The van der Waals surface area contributed by atoms with Crippen LogP contribution in [-0.4, -0.2) is 67.1 Å². The lowest BCUT2D eigenvalue weighted by Gasteiger charge is -2.45. The van der Waals surface area contributed by atoms with Gasteiger partial charge >= 0.3 is 0 Å². The predicted molar refractivity (Wildman–Crippen MR) is 133 cm³/mol. The number of rotatable bonds is 5. The van der Waals surface area contributed by atoms with Crippen LogP contribution in [0.5, 0.6) is 0 Å². The van der Waals surface area contributed by atoms with Crippen molar-refractivity contribution in [1.29, 1.82) is 0 Å². The normalized spacial score (nSPS) is 21.9. The van der Waals surface area contributed by atoms with Crippen LogP contribution in [0.25, 0.3) is 0 Å². The second-order valence-corrected chi connectivity index (χ2v) is 11.9. The van der Waals surface area contributed by atoms with Gasteiger partial charge in [-0.2, -0.15) is 0 Å². The standard InChI is InChI=1S/C25H32FN3S2/c26-22-7-9-23(10-8-22)29-15-13-27(14-16-29)11-3-12-28-19-21-5-1-2-6-24(21)25(20-28)30-17-4-18-31-25/h1-2,5-10H,3-4,11-20H2. The monoisotopic (exact) mass is 457 g/mol. The number of benzene rings is 2. The number of halogens is 1. The topological polar surface area (TPSA) is 9.72 Å². The Hall–Kier alpha value is -1.21. The second-order valence-electron chi connectivity index (χ2n) is 8.83. The van der Waals surface area contributed by atoms with Crippen LogP contribution in [-0.2, 0) is 10.6 Å². The van der Waals surface area contributed by atoms with Gasteiger partial charge in [-0.25, -0.2) is 4.39 Å². The third kappa shape index (κ3) is 4.92. The SMILES string of the molecule is Fc1ccc(N2CCN(CCCN3Cc4ccccc4C4(C3)SCCCS4)CC2)cc1. The highest BCUT2D eigenvalue weighted by molar-refractivity contribution is 8.18. The maximum atomic E-state index is 13.2. The van der Waals surface area contributed by atoms with Crippen molar-refractivity contribution in [2.45, 2.75) is 23.5 Å². The molecule has 3 nitrogen and oxygen atoms in total. The van der Waals surface area contributed by atoms with Gasteiger partial charge < -0.3 is 4.90 Å². The van der Waals surface area contributed by atoms with Crippen LogP contribution in [0.4, 0.5) is 10.1 Å². The summed E-state index contributed by atoms with van der Waals surface area (Å²) in [5.74, 6) is 2.41. The van der Waals surface area contributed by atoms with Crippen molar-refractivity contribution in [3.05, 3.63) is 65.5 Å². The zero-order chi connectivity index (χ0) is 21.1. The van der Waals surface area contributed by atoms with E-state index < -0.39 is 0 Å². The summed E-state index contributed by atoms with van der Waals surface area (Å²) in [5, 5.41) is 0. The van der Waals surface area contributed by atoms with E-state index in [-0.39, 0.29) is 9.90 Å². The molecule has 166 valence electrons. The molecule has 3 aliphatic rings. The lowest BCUT2D eigenvalue weighted by Crippen LogP contribution is -2.47. The fraction of sp³-hybridized carbons (Fsp3) is 0.520. The zero-order valence-corrected chi connectivity index (χ0v) is 19.8. The van der Waals surface area contributed by atoms with E-state index in [1.54, 1.807) is 17.7 Å². The third-order valence-corrected chi connectivity index (χ3v) is 10.0. The fourth-order valence-corrected chi connectivity index (χ4v) is 8.60. The van der Waals surface area contributed by atoms with Crippen LogP contribution in [0, 0.1) is 5.82 Å². The van der Waals surface area contributed by atoms with Gasteiger partial charge in [0.05, 0.1) is 4.08 Å².